The van der Waals surface area contributed by atoms with E-state index in [1.807, 2.05) is 0 Å². The fraction of sp³-hybridized carbons (Fsp3) is 0.357. The van der Waals surface area contributed by atoms with Crippen LogP contribution in [-0.4, -0.2) is 9.13 Å². The van der Waals surface area contributed by atoms with Crippen LogP contribution in [0.1, 0.15) is 50.2 Å². The van der Waals surface area contributed by atoms with E-state index in [0.29, 0.717) is 11.8 Å². The number of fused-ring (bicyclic) bond motifs is 7. The predicted molar refractivity (Wildman–Crippen MR) is 130 cm³/mol. The van der Waals surface area contributed by atoms with Crippen LogP contribution in [-0.2, 0) is 26.9 Å². The molecule has 2 aromatic carbocycles. The molecule has 0 radical (unpaired) electrons. The van der Waals surface area contributed by atoms with E-state index < -0.39 is 0 Å². The SMILES string of the molecule is CC(C)C1=Cc2c(c3cc4cc5c(cc4cc3n2C)c2c(n5C)C=C(C(C)C)C2)C1. The molecule has 0 spiro atoms. The van der Waals surface area contributed by atoms with Crippen LogP contribution in [0, 0.1) is 11.8 Å². The summed E-state index contributed by atoms with van der Waals surface area (Å²) in [6, 6.07) is 9.70. The summed E-state index contributed by atoms with van der Waals surface area (Å²) in [4.78, 5) is 0. The van der Waals surface area contributed by atoms with E-state index in [-0.39, 0.29) is 0 Å². The van der Waals surface area contributed by atoms with Gasteiger partial charge in [0.05, 0.1) is 0 Å². The quantitative estimate of drug-likeness (QED) is 0.346. The average molecular weight is 395 g/mol. The number of hydrogen-bond acceptors (Lipinski definition) is 0. The van der Waals surface area contributed by atoms with E-state index in [1.165, 1.54) is 55.1 Å². The molecule has 2 nitrogen and oxygen atoms in total. The average Bonchev–Trinajstić information content (AvgIpc) is 3.44. The van der Waals surface area contributed by atoms with Crippen LogP contribution in [0.4, 0.5) is 0 Å². The van der Waals surface area contributed by atoms with Gasteiger partial charge in [-0.25, -0.2) is 0 Å². The minimum absolute atomic E-state index is 0.613. The number of aromatic nitrogens is 2. The number of aryl methyl sites for hydroxylation is 2. The first-order chi connectivity index (χ1) is 14.3. The first-order valence-corrected chi connectivity index (χ1v) is 11.3. The Morgan fingerprint density at radius 2 is 1.03 bits per heavy atom. The lowest BCUT2D eigenvalue weighted by molar-refractivity contribution is 0.755. The van der Waals surface area contributed by atoms with Crippen molar-refractivity contribution in [1.82, 2.24) is 9.13 Å². The molecule has 0 unspecified atom stereocenters. The highest BCUT2D eigenvalue weighted by molar-refractivity contribution is 6.07. The monoisotopic (exact) mass is 394 g/mol. The number of hydrogen-bond donors (Lipinski definition) is 0. The molecular formula is C28H30N2. The van der Waals surface area contributed by atoms with Crippen molar-refractivity contribution in [1.29, 1.82) is 0 Å². The second-order valence-electron chi connectivity index (χ2n) is 10.0. The van der Waals surface area contributed by atoms with Crippen molar-refractivity contribution >= 4 is 44.7 Å². The van der Waals surface area contributed by atoms with Crippen molar-refractivity contribution in [2.45, 2.75) is 40.5 Å². The zero-order chi connectivity index (χ0) is 20.9. The minimum Gasteiger partial charge on any atom is -0.344 e. The zero-order valence-corrected chi connectivity index (χ0v) is 18.9. The Kier molecular flexibility index (Phi) is 3.56. The molecule has 0 amide bonds. The molecule has 0 bridgehead atoms. The number of rotatable bonds is 2. The van der Waals surface area contributed by atoms with Crippen molar-refractivity contribution in [2.75, 3.05) is 0 Å². The van der Waals surface area contributed by atoms with Gasteiger partial charge in [0.25, 0.3) is 0 Å². The lowest BCUT2D eigenvalue weighted by atomic mass is 9.97. The van der Waals surface area contributed by atoms with Gasteiger partial charge in [0, 0.05) is 47.3 Å². The predicted octanol–water partition coefficient (Wildman–Crippen LogP) is 7.01. The molecule has 0 saturated heterocycles. The smallest absolute Gasteiger partial charge is 0.0491 e. The van der Waals surface area contributed by atoms with E-state index in [0.717, 1.165) is 12.8 Å². The maximum Gasteiger partial charge on any atom is 0.0491 e. The van der Waals surface area contributed by atoms with E-state index in [2.05, 4.69) is 87.3 Å². The number of allylic oxidation sites excluding steroid dienone is 2. The minimum atomic E-state index is 0.613. The molecule has 152 valence electrons. The second-order valence-corrected chi connectivity index (χ2v) is 10.0. The van der Waals surface area contributed by atoms with Gasteiger partial charge < -0.3 is 9.13 Å². The van der Waals surface area contributed by atoms with Crippen LogP contribution in [0.2, 0.25) is 0 Å². The Morgan fingerprint density at radius 3 is 1.40 bits per heavy atom. The highest BCUT2D eigenvalue weighted by Gasteiger charge is 2.24. The van der Waals surface area contributed by atoms with Gasteiger partial charge in [0.2, 0.25) is 0 Å². The maximum atomic E-state index is 2.44. The third-order valence-electron chi connectivity index (χ3n) is 7.67. The first kappa shape index (κ1) is 18.1. The third kappa shape index (κ3) is 2.25. The molecule has 4 aromatic rings. The third-order valence-corrected chi connectivity index (χ3v) is 7.67. The van der Waals surface area contributed by atoms with E-state index in [9.17, 15) is 0 Å². The maximum absolute atomic E-state index is 2.44. The summed E-state index contributed by atoms with van der Waals surface area (Å²) in [5.74, 6) is 1.23. The van der Waals surface area contributed by atoms with Crippen LogP contribution < -0.4 is 0 Å². The zero-order valence-electron chi connectivity index (χ0n) is 18.9. The number of benzene rings is 2. The van der Waals surface area contributed by atoms with Gasteiger partial charge >= 0.3 is 0 Å². The summed E-state index contributed by atoms with van der Waals surface area (Å²) in [6.45, 7) is 9.22. The van der Waals surface area contributed by atoms with Crippen molar-refractivity contribution in [2.24, 2.45) is 25.9 Å². The molecule has 2 aliphatic carbocycles. The highest BCUT2D eigenvalue weighted by Crippen LogP contribution is 2.41. The lowest BCUT2D eigenvalue weighted by Gasteiger charge is -2.09. The number of nitrogens with zero attached hydrogens (tertiary/aromatic N) is 2. The van der Waals surface area contributed by atoms with Crippen LogP contribution >= 0.6 is 0 Å². The van der Waals surface area contributed by atoms with E-state index in [4.69, 9.17) is 0 Å². The van der Waals surface area contributed by atoms with Gasteiger partial charge in [0.1, 0.15) is 0 Å². The van der Waals surface area contributed by atoms with Crippen LogP contribution in [0.3, 0.4) is 0 Å². The molecule has 0 fully saturated rings. The summed E-state index contributed by atoms with van der Waals surface area (Å²) in [6.07, 6.45) is 7.04. The Hall–Kier alpha value is -2.74. The van der Waals surface area contributed by atoms with E-state index in [1.54, 1.807) is 11.1 Å². The van der Waals surface area contributed by atoms with Gasteiger partial charge in [-0.2, -0.15) is 0 Å². The summed E-state index contributed by atoms with van der Waals surface area (Å²) >= 11 is 0. The van der Waals surface area contributed by atoms with Crippen molar-refractivity contribution in [3.05, 3.63) is 57.9 Å². The fourth-order valence-corrected chi connectivity index (χ4v) is 5.65. The molecular weight excluding hydrogens is 364 g/mol. The van der Waals surface area contributed by atoms with Crippen molar-refractivity contribution in [3.8, 4) is 0 Å². The summed E-state index contributed by atoms with van der Waals surface area (Å²) in [5, 5.41) is 5.56. The Bertz CT molecular complexity index is 1340. The van der Waals surface area contributed by atoms with Crippen LogP contribution in [0.5, 0.6) is 0 Å². The molecule has 0 aliphatic heterocycles. The molecule has 30 heavy (non-hydrogen) atoms. The van der Waals surface area contributed by atoms with Gasteiger partial charge in [-0.15, -0.1) is 0 Å². The van der Waals surface area contributed by atoms with Crippen LogP contribution in [0.15, 0.2) is 35.4 Å². The molecule has 2 aromatic heterocycles. The summed E-state index contributed by atoms with van der Waals surface area (Å²) < 4.78 is 4.80. The van der Waals surface area contributed by atoms with Crippen LogP contribution in [0.25, 0.3) is 44.7 Å². The Labute approximate surface area is 178 Å². The molecule has 2 aliphatic rings. The molecule has 0 atom stereocenters. The first-order valence-electron chi connectivity index (χ1n) is 11.3. The summed E-state index contributed by atoms with van der Waals surface area (Å²) in [5.41, 5.74) is 11.7. The van der Waals surface area contributed by atoms with Gasteiger partial charge in [-0.05, 0) is 83.0 Å². The second kappa shape index (κ2) is 5.91. The molecule has 2 heteroatoms. The Balaban J connectivity index is 1.59. The standard InChI is InChI=1S/C28H30N2/c1-15(2)17-7-21-23-9-19-14-28-24(10-20(19)13-27(23)29(5)25(21)11-17)22-8-18(16(3)4)12-26(22)30(28)6/h9-16H,7-8H2,1-6H3. The van der Waals surface area contributed by atoms with E-state index >= 15 is 0 Å². The van der Waals surface area contributed by atoms with Crippen molar-refractivity contribution in [3.63, 3.8) is 0 Å². The Morgan fingerprint density at radius 1 is 0.633 bits per heavy atom. The van der Waals surface area contributed by atoms with Gasteiger partial charge in [0.15, 0.2) is 0 Å². The topological polar surface area (TPSA) is 9.86 Å². The fourth-order valence-electron chi connectivity index (χ4n) is 5.65. The molecule has 6 rings (SSSR count). The molecule has 0 saturated carbocycles. The van der Waals surface area contributed by atoms with Gasteiger partial charge in [-0.3, -0.25) is 0 Å². The lowest BCUT2D eigenvalue weighted by Crippen LogP contribution is -1.94. The highest BCUT2D eigenvalue weighted by atomic mass is 15.0. The van der Waals surface area contributed by atoms with Crippen molar-refractivity contribution < 1.29 is 0 Å². The molecule has 2 heterocycles. The largest absolute Gasteiger partial charge is 0.344 e. The summed E-state index contributed by atoms with van der Waals surface area (Å²) in [7, 11) is 4.45. The molecule has 0 N–H and O–H groups in total. The van der Waals surface area contributed by atoms with Gasteiger partial charge in [-0.1, -0.05) is 38.8 Å². The normalized spacial score (nSPS) is 15.7.